The van der Waals surface area contributed by atoms with Gasteiger partial charge in [-0.15, -0.1) is 11.3 Å². The van der Waals surface area contributed by atoms with Crippen LogP contribution < -0.4 is 5.32 Å². The first-order valence-corrected chi connectivity index (χ1v) is 8.29. The second kappa shape index (κ2) is 5.97. The molecule has 1 aromatic carbocycles. The molecule has 1 aliphatic rings. The molecule has 0 aliphatic heterocycles. The molecule has 2 unspecified atom stereocenters. The van der Waals surface area contributed by atoms with Gasteiger partial charge in [-0.05, 0) is 30.4 Å². The molecule has 1 aromatic heterocycles. The summed E-state index contributed by atoms with van der Waals surface area (Å²) in [5, 5.41) is 14.7. The zero-order valence-corrected chi connectivity index (χ0v) is 12.9. The molecule has 0 bridgehead atoms. The summed E-state index contributed by atoms with van der Waals surface area (Å²) >= 11 is 1.43. The van der Waals surface area contributed by atoms with Crippen LogP contribution in [0.2, 0.25) is 0 Å². The zero-order chi connectivity index (χ0) is 14.8. The molecule has 1 N–H and O–H groups in total. The number of nitrogens with one attached hydrogen (secondary N) is 1. The van der Waals surface area contributed by atoms with Crippen LogP contribution in [0.25, 0.3) is 10.2 Å². The third-order valence-electron chi connectivity index (χ3n) is 4.50. The van der Waals surface area contributed by atoms with Crippen LogP contribution >= 0.6 is 11.3 Å². The monoisotopic (exact) mass is 305 g/mol. The molecule has 0 saturated heterocycles. The van der Waals surface area contributed by atoms with Gasteiger partial charge >= 0.3 is 5.69 Å². The van der Waals surface area contributed by atoms with Crippen LogP contribution in [-0.2, 0) is 0 Å². The van der Waals surface area contributed by atoms with E-state index in [1.54, 1.807) is 5.51 Å². The topological polar surface area (TPSA) is 68.1 Å². The number of hydrogen-bond donors (Lipinski definition) is 1. The fourth-order valence-electron chi connectivity index (χ4n) is 3.18. The third-order valence-corrected chi connectivity index (χ3v) is 5.30. The van der Waals surface area contributed by atoms with Crippen molar-refractivity contribution in [3.05, 3.63) is 27.8 Å². The molecule has 1 heterocycles. The minimum atomic E-state index is -0.325. The van der Waals surface area contributed by atoms with E-state index in [0.29, 0.717) is 23.0 Å². The highest BCUT2D eigenvalue weighted by Crippen LogP contribution is 2.35. The van der Waals surface area contributed by atoms with Gasteiger partial charge in [-0.1, -0.05) is 26.2 Å². The largest absolute Gasteiger partial charge is 0.379 e. The molecule has 3 rings (SSSR count). The summed E-state index contributed by atoms with van der Waals surface area (Å²) < 4.78 is 0.860. The quantitative estimate of drug-likeness (QED) is 0.669. The van der Waals surface area contributed by atoms with E-state index in [4.69, 9.17) is 0 Å². The molecule has 1 aliphatic carbocycles. The summed E-state index contributed by atoms with van der Waals surface area (Å²) in [7, 11) is 0. The Bertz CT molecular complexity index is 655. The number of hydrogen-bond acceptors (Lipinski definition) is 5. The lowest BCUT2D eigenvalue weighted by Crippen LogP contribution is -2.24. The standard InChI is InChI=1S/C15H19N3O2S/c1-10-4-2-3-5-11(10)8-16-12-6-7-13-14(17-9-21-13)15(12)18(19)20/h6-7,9-11,16H,2-5,8H2,1H3. The predicted molar refractivity (Wildman–Crippen MR) is 85.9 cm³/mol. The van der Waals surface area contributed by atoms with Crippen molar-refractivity contribution < 1.29 is 4.92 Å². The molecule has 1 fully saturated rings. The highest BCUT2D eigenvalue weighted by molar-refractivity contribution is 7.16. The summed E-state index contributed by atoms with van der Waals surface area (Å²) in [6.45, 7) is 3.08. The van der Waals surface area contributed by atoms with Gasteiger partial charge in [0.15, 0.2) is 5.52 Å². The average molecular weight is 305 g/mol. The van der Waals surface area contributed by atoms with E-state index in [1.165, 1.54) is 37.0 Å². The maximum atomic E-state index is 11.4. The molecule has 0 amide bonds. The Hall–Kier alpha value is -1.69. The van der Waals surface area contributed by atoms with Gasteiger partial charge in [0.2, 0.25) is 0 Å². The molecule has 0 spiro atoms. The summed E-state index contributed by atoms with van der Waals surface area (Å²) in [4.78, 5) is 15.2. The number of thiazole rings is 1. The Kier molecular flexibility index (Phi) is 4.05. The minimum Gasteiger partial charge on any atom is -0.379 e. The van der Waals surface area contributed by atoms with Crippen LogP contribution in [0.15, 0.2) is 17.6 Å². The first-order chi connectivity index (χ1) is 10.2. The minimum absolute atomic E-state index is 0.109. The fourth-order valence-corrected chi connectivity index (χ4v) is 3.86. The number of anilines is 1. The molecule has 5 nitrogen and oxygen atoms in total. The van der Waals surface area contributed by atoms with Crippen molar-refractivity contribution in [3.63, 3.8) is 0 Å². The van der Waals surface area contributed by atoms with Crippen molar-refractivity contribution in [2.24, 2.45) is 11.8 Å². The van der Waals surface area contributed by atoms with Gasteiger partial charge in [0.05, 0.1) is 15.1 Å². The van der Waals surface area contributed by atoms with Crippen LogP contribution in [0.5, 0.6) is 0 Å². The maximum absolute atomic E-state index is 11.4. The Labute approximate surface area is 127 Å². The summed E-state index contributed by atoms with van der Waals surface area (Å²) in [5.41, 5.74) is 2.85. The normalized spacial score (nSPS) is 22.3. The summed E-state index contributed by atoms with van der Waals surface area (Å²) in [6, 6.07) is 3.72. The van der Waals surface area contributed by atoms with Crippen molar-refractivity contribution in [1.29, 1.82) is 0 Å². The summed E-state index contributed by atoms with van der Waals surface area (Å²) in [6.07, 6.45) is 5.05. The van der Waals surface area contributed by atoms with Crippen molar-refractivity contribution >= 4 is 32.9 Å². The van der Waals surface area contributed by atoms with E-state index in [-0.39, 0.29) is 10.6 Å². The Morgan fingerprint density at radius 2 is 2.24 bits per heavy atom. The van der Waals surface area contributed by atoms with Crippen LogP contribution in [0.3, 0.4) is 0 Å². The van der Waals surface area contributed by atoms with Crippen molar-refractivity contribution in [3.8, 4) is 0 Å². The highest BCUT2D eigenvalue weighted by atomic mass is 32.1. The Morgan fingerprint density at radius 3 is 3.00 bits per heavy atom. The molecule has 2 aromatic rings. The van der Waals surface area contributed by atoms with Gasteiger partial charge in [-0.3, -0.25) is 10.1 Å². The first kappa shape index (κ1) is 14.3. The number of nitro benzene ring substituents is 1. The van der Waals surface area contributed by atoms with E-state index in [0.717, 1.165) is 11.2 Å². The lowest BCUT2D eigenvalue weighted by Gasteiger charge is -2.29. The van der Waals surface area contributed by atoms with E-state index >= 15 is 0 Å². The number of benzene rings is 1. The number of rotatable bonds is 4. The van der Waals surface area contributed by atoms with Gasteiger partial charge in [0.1, 0.15) is 5.69 Å². The van der Waals surface area contributed by atoms with Gasteiger partial charge in [-0.2, -0.15) is 0 Å². The Morgan fingerprint density at radius 1 is 1.43 bits per heavy atom. The van der Waals surface area contributed by atoms with Gasteiger partial charge in [-0.25, -0.2) is 4.98 Å². The second-order valence-corrected chi connectivity index (χ2v) is 6.71. The molecular formula is C15H19N3O2S. The third kappa shape index (κ3) is 2.85. The van der Waals surface area contributed by atoms with E-state index in [2.05, 4.69) is 17.2 Å². The SMILES string of the molecule is CC1CCCCC1CNc1ccc2scnc2c1[N+](=O)[O-]. The lowest BCUT2D eigenvalue weighted by molar-refractivity contribution is -0.382. The van der Waals surface area contributed by atoms with Crippen molar-refractivity contribution in [2.45, 2.75) is 32.6 Å². The van der Waals surface area contributed by atoms with Crippen molar-refractivity contribution in [2.75, 3.05) is 11.9 Å². The molecule has 0 radical (unpaired) electrons. The first-order valence-electron chi connectivity index (χ1n) is 7.41. The summed E-state index contributed by atoms with van der Waals surface area (Å²) in [5.74, 6) is 1.29. The molecule has 6 heteroatoms. The highest BCUT2D eigenvalue weighted by Gasteiger charge is 2.24. The van der Waals surface area contributed by atoms with Crippen LogP contribution in [0.1, 0.15) is 32.6 Å². The number of nitro groups is 1. The molecule has 21 heavy (non-hydrogen) atoms. The van der Waals surface area contributed by atoms with E-state index in [9.17, 15) is 10.1 Å². The second-order valence-electron chi connectivity index (χ2n) is 5.82. The number of nitrogens with zero attached hydrogens (tertiary/aromatic N) is 2. The fraction of sp³-hybridized carbons (Fsp3) is 0.533. The maximum Gasteiger partial charge on any atom is 0.319 e. The molecule has 1 saturated carbocycles. The lowest BCUT2D eigenvalue weighted by atomic mass is 9.80. The van der Waals surface area contributed by atoms with E-state index < -0.39 is 0 Å². The van der Waals surface area contributed by atoms with Crippen LogP contribution in [0.4, 0.5) is 11.4 Å². The zero-order valence-electron chi connectivity index (χ0n) is 12.0. The molecule has 2 atom stereocenters. The smallest absolute Gasteiger partial charge is 0.319 e. The van der Waals surface area contributed by atoms with Gasteiger partial charge < -0.3 is 5.32 Å². The van der Waals surface area contributed by atoms with Crippen LogP contribution in [0, 0.1) is 22.0 Å². The average Bonchev–Trinajstić information content (AvgIpc) is 2.93. The van der Waals surface area contributed by atoms with Crippen molar-refractivity contribution in [1.82, 2.24) is 4.98 Å². The van der Waals surface area contributed by atoms with Gasteiger partial charge in [0, 0.05) is 6.54 Å². The number of aromatic nitrogens is 1. The van der Waals surface area contributed by atoms with E-state index in [1.807, 2.05) is 12.1 Å². The van der Waals surface area contributed by atoms with Crippen LogP contribution in [-0.4, -0.2) is 16.5 Å². The van der Waals surface area contributed by atoms with Gasteiger partial charge in [0.25, 0.3) is 0 Å². The number of fused-ring (bicyclic) bond motifs is 1. The molecule has 112 valence electrons. The predicted octanol–water partition coefficient (Wildman–Crippen LogP) is 4.44. The molecular weight excluding hydrogens is 286 g/mol. The Balaban J connectivity index is 1.83.